The van der Waals surface area contributed by atoms with E-state index >= 15 is 0 Å². The average Bonchev–Trinajstić information content (AvgIpc) is 2.08. The number of nitrogen functional groups attached to an aromatic ring is 1. The molecule has 0 unspecified atom stereocenters. The number of aryl methyl sites for hydroxylation is 1. The van der Waals surface area contributed by atoms with Crippen molar-refractivity contribution in [1.82, 2.24) is 0 Å². The van der Waals surface area contributed by atoms with Crippen molar-refractivity contribution in [3.05, 3.63) is 33.9 Å². The molecule has 0 aliphatic rings. The van der Waals surface area contributed by atoms with Gasteiger partial charge >= 0.3 is 0 Å². The second kappa shape index (κ2) is 4.13. The van der Waals surface area contributed by atoms with Crippen LogP contribution in [-0.2, 0) is 6.42 Å². The molecular weight excluding hydrogens is 188 g/mol. The highest BCUT2D eigenvalue weighted by molar-refractivity contribution is 7.80. The summed E-state index contributed by atoms with van der Waals surface area (Å²) in [6.07, 6.45) is 0.713. The molecular formula is C8H10N2O2S. The molecule has 0 fully saturated rings. The summed E-state index contributed by atoms with van der Waals surface area (Å²) in [4.78, 5) is 10.0. The Morgan fingerprint density at radius 3 is 2.77 bits per heavy atom. The molecule has 1 aromatic carbocycles. The molecule has 0 saturated heterocycles. The topological polar surface area (TPSA) is 69.2 Å². The van der Waals surface area contributed by atoms with Crippen molar-refractivity contribution in [2.24, 2.45) is 0 Å². The summed E-state index contributed by atoms with van der Waals surface area (Å²) in [5.41, 5.74) is 6.48. The first-order valence-electron chi connectivity index (χ1n) is 3.79. The fourth-order valence-corrected chi connectivity index (χ4v) is 1.29. The van der Waals surface area contributed by atoms with Crippen molar-refractivity contribution in [2.45, 2.75) is 6.42 Å². The number of benzene rings is 1. The van der Waals surface area contributed by atoms with Gasteiger partial charge in [-0.15, -0.1) is 0 Å². The van der Waals surface area contributed by atoms with Crippen molar-refractivity contribution in [2.75, 3.05) is 11.5 Å². The number of nitrogens with two attached hydrogens (primary N) is 1. The summed E-state index contributed by atoms with van der Waals surface area (Å²) in [5, 5.41) is 10.5. The van der Waals surface area contributed by atoms with E-state index in [-0.39, 0.29) is 11.4 Å². The van der Waals surface area contributed by atoms with Crippen molar-refractivity contribution >= 4 is 24.0 Å². The van der Waals surface area contributed by atoms with Crippen LogP contribution in [0, 0.1) is 10.1 Å². The third-order valence-electron chi connectivity index (χ3n) is 1.69. The Labute approximate surface area is 81.3 Å². The summed E-state index contributed by atoms with van der Waals surface area (Å²) < 4.78 is 0. The quantitative estimate of drug-likeness (QED) is 0.336. The SMILES string of the molecule is Nc1ccc(CCS)cc1[N+](=O)[O-]. The Morgan fingerprint density at radius 1 is 1.54 bits per heavy atom. The summed E-state index contributed by atoms with van der Waals surface area (Å²) in [7, 11) is 0. The summed E-state index contributed by atoms with van der Waals surface area (Å²) in [5.74, 6) is 0.668. The van der Waals surface area contributed by atoms with Gasteiger partial charge in [0.15, 0.2) is 0 Å². The molecule has 0 aromatic heterocycles. The Hall–Kier alpha value is -1.23. The maximum atomic E-state index is 10.5. The minimum atomic E-state index is -0.475. The van der Waals surface area contributed by atoms with E-state index in [0.29, 0.717) is 12.2 Å². The largest absolute Gasteiger partial charge is 0.393 e. The van der Waals surface area contributed by atoms with E-state index in [1.54, 1.807) is 12.1 Å². The summed E-state index contributed by atoms with van der Waals surface area (Å²) >= 11 is 4.04. The fraction of sp³-hybridized carbons (Fsp3) is 0.250. The molecule has 1 aromatic rings. The van der Waals surface area contributed by atoms with E-state index in [4.69, 9.17) is 5.73 Å². The number of nitro groups is 1. The van der Waals surface area contributed by atoms with Gasteiger partial charge in [-0.2, -0.15) is 12.6 Å². The average molecular weight is 198 g/mol. The van der Waals surface area contributed by atoms with Gasteiger partial charge in [0.05, 0.1) is 4.92 Å². The molecule has 13 heavy (non-hydrogen) atoms. The first kappa shape index (κ1) is 9.85. The van der Waals surface area contributed by atoms with E-state index in [1.165, 1.54) is 6.07 Å². The molecule has 0 aliphatic carbocycles. The molecule has 70 valence electrons. The Bertz CT molecular complexity index is 328. The van der Waals surface area contributed by atoms with Gasteiger partial charge in [-0.3, -0.25) is 10.1 Å². The highest BCUT2D eigenvalue weighted by atomic mass is 32.1. The smallest absolute Gasteiger partial charge is 0.292 e. The van der Waals surface area contributed by atoms with Gasteiger partial charge in [0.2, 0.25) is 0 Å². The molecule has 2 N–H and O–H groups in total. The van der Waals surface area contributed by atoms with E-state index in [9.17, 15) is 10.1 Å². The third kappa shape index (κ3) is 2.35. The number of hydrogen-bond donors (Lipinski definition) is 2. The van der Waals surface area contributed by atoms with Crippen molar-refractivity contribution < 1.29 is 4.92 Å². The number of hydrogen-bond acceptors (Lipinski definition) is 4. The first-order chi connectivity index (χ1) is 6.15. The van der Waals surface area contributed by atoms with Crippen LogP contribution in [0.25, 0.3) is 0 Å². The van der Waals surface area contributed by atoms with Gasteiger partial charge < -0.3 is 5.73 Å². The normalized spacial score (nSPS) is 9.92. The Kier molecular flexibility index (Phi) is 3.13. The van der Waals surface area contributed by atoms with Gasteiger partial charge in [0.1, 0.15) is 5.69 Å². The summed E-state index contributed by atoms with van der Waals surface area (Å²) in [6, 6.07) is 4.82. The van der Waals surface area contributed by atoms with Crippen LogP contribution in [0.1, 0.15) is 5.56 Å². The number of thiol groups is 1. The maximum Gasteiger partial charge on any atom is 0.292 e. The number of nitro benzene ring substituents is 1. The second-order valence-corrected chi connectivity index (χ2v) is 3.07. The lowest BCUT2D eigenvalue weighted by Crippen LogP contribution is -1.97. The zero-order chi connectivity index (χ0) is 9.84. The molecule has 0 radical (unpaired) electrons. The molecule has 0 atom stereocenters. The number of anilines is 1. The third-order valence-corrected chi connectivity index (χ3v) is 1.92. The highest BCUT2D eigenvalue weighted by Gasteiger charge is 2.10. The molecule has 0 amide bonds. The van der Waals surface area contributed by atoms with Crippen molar-refractivity contribution in [3.8, 4) is 0 Å². The van der Waals surface area contributed by atoms with E-state index in [1.807, 2.05) is 0 Å². The lowest BCUT2D eigenvalue weighted by molar-refractivity contribution is -0.383. The van der Waals surface area contributed by atoms with Crippen molar-refractivity contribution in [1.29, 1.82) is 0 Å². The Balaban J connectivity index is 3.04. The van der Waals surface area contributed by atoms with Crippen LogP contribution in [-0.4, -0.2) is 10.7 Å². The molecule has 4 nitrogen and oxygen atoms in total. The molecule has 0 heterocycles. The van der Waals surface area contributed by atoms with Gasteiger partial charge in [0, 0.05) is 6.07 Å². The lowest BCUT2D eigenvalue weighted by Gasteiger charge is -2.00. The van der Waals surface area contributed by atoms with E-state index < -0.39 is 4.92 Å². The zero-order valence-corrected chi connectivity index (χ0v) is 7.83. The minimum Gasteiger partial charge on any atom is -0.393 e. The van der Waals surface area contributed by atoms with Crippen LogP contribution in [0.4, 0.5) is 11.4 Å². The standard InChI is InChI=1S/C8H10N2O2S/c9-7-2-1-6(3-4-13)5-8(7)10(11)12/h1-2,5,13H,3-4,9H2. The fourth-order valence-electron chi connectivity index (χ4n) is 1.03. The molecule has 5 heteroatoms. The van der Waals surface area contributed by atoms with Crippen LogP contribution in [0.15, 0.2) is 18.2 Å². The minimum absolute atomic E-state index is 0.0284. The molecule has 0 spiro atoms. The number of nitrogens with zero attached hydrogens (tertiary/aromatic N) is 1. The van der Waals surface area contributed by atoms with Crippen LogP contribution in [0.3, 0.4) is 0 Å². The van der Waals surface area contributed by atoms with Gasteiger partial charge in [0.25, 0.3) is 5.69 Å². The number of rotatable bonds is 3. The molecule has 1 rings (SSSR count). The van der Waals surface area contributed by atoms with Crippen LogP contribution in [0.5, 0.6) is 0 Å². The van der Waals surface area contributed by atoms with E-state index in [0.717, 1.165) is 5.56 Å². The maximum absolute atomic E-state index is 10.5. The summed E-state index contributed by atoms with van der Waals surface area (Å²) in [6.45, 7) is 0. The predicted molar refractivity (Wildman–Crippen MR) is 55.1 cm³/mol. The second-order valence-electron chi connectivity index (χ2n) is 2.62. The van der Waals surface area contributed by atoms with Crippen LogP contribution >= 0.6 is 12.6 Å². The molecule has 0 bridgehead atoms. The molecule has 0 saturated carbocycles. The monoisotopic (exact) mass is 198 g/mol. The highest BCUT2D eigenvalue weighted by Crippen LogP contribution is 2.22. The zero-order valence-electron chi connectivity index (χ0n) is 6.93. The van der Waals surface area contributed by atoms with Gasteiger partial charge in [-0.05, 0) is 23.8 Å². The van der Waals surface area contributed by atoms with Gasteiger partial charge in [-0.1, -0.05) is 6.07 Å². The van der Waals surface area contributed by atoms with Gasteiger partial charge in [-0.25, -0.2) is 0 Å². The Morgan fingerprint density at radius 2 is 2.23 bits per heavy atom. The van der Waals surface area contributed by atoms with Crippen molar-refractivity contribution in [3.63, 3.8) is 0 Å². The molecule has 0 aliphatic heterocycles. The lowest BCUT2D eigenvalue weighted by atomic mass is 10.1. The van der Waals surface area contributed by atoms with Crippen LogP contribution < -0.4 is 5.73 Å². The predicted octanol–water partition coefficient (Wildman–Crippen LogP) is 1.65. The van der Waals surface area contributed by atoms with Crippen LogP contribution in [0.2, 0.25) is 0 Å². The van der Waals surface area contributed by atoms with E-state index in [2.05, 4.69) is 12.6 Å². The first-order valence-corrected chi connectivity index (χ1v) is 4.42.